The van der Waals surface area contributed by atoms with E-state index in [0.717, 1.165) is 18.5 Å². The fourth-order valence-corrected chi connectivity index (χ4v) is 3.76. The molecule has 3 N–H and O–H groups in total. The molecule has 4 nitrogen and oxygen atoms in total. The first-order valence-electron chi connectivity index (χ1n) is 7.37. The Morgan fingerprint density at radius 3 is 2.90 bits per heavy atom. The summed E-state index contributed by atoms with van der Waals surface area (Å²) in [7, 11) is 0. The van der Waals surface area contributed by atoms with Crippen LogP contribution < -0.4 is 11.3 Å². The number of thiophene rings is 1. The summed E-state index contributed by atoms with van der Waals surface area (Å²) < 4.78 is 2.15. The van der Waals surface area contributed by atoms with E-state index in [1.807, 2.05) is 0 Å². The summed E-state index contributed by atoms with van der Waals surface area (Å²) in [5.41, 5.74) is 4.06. The van der Waals surface area contributed by atoms with E-state index in [1.165, 1.54) is 30.6 Å². The Kier molecular flexibility index (Phi) is 4.50. The number of hydrazine groups is 1. The maximum atomic E-state index is 5.69. The van der Waals surface area contributed by atoms with Crippen molar-refractivity contribution < 1.29 is 0 Å². The van der Waals surface area contributed by atoms with E-state index in [2.05, 4.69) is 39.9 Å². The molecule has 2 aromatic heterocycles. The maximum absolute atomic E-state index is 5.69. The fraction of sp³-hybridized carbons (Fsp3) is 0.533. The van der Waals surface area contributed by atoms with Crippen LogP contribution in [0.5, 0.6) is 0 Å². The topological polar surface area (TPSA) is 55.9 Å². The average molecular weight is 290 g/mol. The lowest BCUT2D eigenvalue weighted by Gasteiger charge is -2.14. The second-order valence-electron chi connectivity index (χ2n) is 5.58. The van der Waals surface area contributed by atoms with E-state index in [4.69, 9.17) is 10.9 Å². The van der Waals surface area contributed by atoms with Gasteiger partial charge in [0.25, 0.3) is 0 Å². The number of aromatic nitrogens is 2. The first-order chi connectivity index (χ1) is 9.85. The zero-order valence-corrected chi connectivity index (χ0v) is 12.5. The Labute approximate surface area is 124 Å². The summed E-state index contributed by atoms with van der Waals surface area (Å²) in [6.45, 7) is 0. The van der Waals surface area contributed by atoms with Crippen molar-refractivity contribution in [3.05, 3.63) is 40.3 Å². The van der Waals surface area contributed by atoms with Gasteiger partial charge in [-0.15, -0.1) is 11.3 Å². The molecule has 0 spiro atoms. The van der Waals surface area contributed by atoms with Crippen molar-refractivity contribution in [2.24, 2.45) is 5.84 Å². The highest BCUT2D eigenvalue weighted by molar-refractivity contribution is 7.09. The van der Waals surface area contributed by atoms with E-state index >= 15 is 0 Å². The Morgan fingerprint density at radius 1 is 1.35 bits per heavy atom. The summed E-state index contributed by atoms with van der Waals surface area (Å²) in [5, 5.41) is 6.84. The lowest BCUT2D eigenvalue weighted by molar-refractivity contribution is 0.455. The Bertz CT molecular complexity index is 514. The van der Waals surface area contributed by atoms with Gasteiger partial charge in [-0.2, -0.15) is 5.10 Å². The lowest BCUT2D eigenvalue weighted by Crippen LogP contribution is -2.38. The summed E-state index contributed by atoms with van der Waals surface area (Å²) in [6, 6.07) is 7.25. The minimum Gasteiger partial charge on any atom is -0.271 e. The van der Waals surface area contributed by atoms with Gasteiger partial charge >= 0.3 is 0 Å². The van der Waals surface area contributed by atoms with Crippen LogP contribution in [0.15, 0.2) is 29.8 Å². The first kappa shape index (κ1) is 13.8. The highest BCUT2D eigenvalue weighted by Crippen LogP contribution is 2.28. The highest BCUT2D eigenvalue weighted by Gasteiger charge is 2.18. The molecule has 1 fully saturated rings. The Hall–Kier alpha value is -1.17. The predicted octanol–water partition coefficient (Wildman–Crippen LogP) is 2.68. The minimum atomic E-state index is 0.251. The molecule has 3 rings (SSSR count). The van der Waals surface area contributed by atoms with Gasteiger partial charge in [0.15, 0.2) is 0 Å². The molecular formula is C15H22N4S. The predicted molar refractivity (Wildman–Crippen MR) is 82.6 cm³/mol. The third-order valence-corrected chi connectivity index (χ3v) is 4.98. The van der Waals surface area contributed by atoms with Crippen molar-refractivity contribution in [3.63, 3.8) is 0 Å². The van der Waals surface area contributed by atoms with Gasteiger partial charge in [0, 0.05) is 23.5 Å². The maximum Gasteiger partial charge on any atom is 0.0640 e. The third-order valence-electron chi connectivity index (χ3n) is 4.08. The van der Waals surface area contributed by atoms with Crippen LogP contribution in [0.1, 0.15) is 42.3 Å². The molecule has 5 heteroatoms. The molecule has 108 valence electrons. The summed E-state index contributed by atoms with van der Waals surface area (Å²) >= 11 is 1.78. The molecular weight excluding hydrogens is 268 g/mol. The van der Waals surface area contributed by atoms with Gasteiger partial charge in [0.1, 0.15) is 0 Å². The highest BCUT2D eigenvalue weighted by atomic mass is 32.1. The van der Waals surface area contributed by atoms with E-state index in [1.54, 1.807) is 11.3 Å². The van der Waals surface area contributed by atoms with Crippen LogP contribution in [0.4, 0.5) is 0 Å². The standard InChI is InChI=1S/C15H22N4S/c16-17-13(11-15-6-3-9-20-15)10-12-7-8-19(18-12)14-4-1-2-5-14/h3,6-9,13-14,17H,1-2,4-5,10-11,16H2. The molecule has 0 saturated heterocycles. The van der Waals surface area contributed by atoms with Crippen LogP contribution in [0, 0.1) is 0 Å². The zero-order valence-electron chi connectivity index (χ0n) is 11.7. The van der Waals surface area contributed by atoms with Crippen LogP contribution in [-0.2, 0) is 12.8 Å². The molecule has 0 amide bonds. The van der Waals surface area contributed by atoms with Crippen LogP contribution in [0.2, 0.25) is 0 Å². The van der Waals surface area contributed by atoms with E-state index in [-0.39, 0.29) is 6.04 Å². The van der Waals surface area contributed by atoms with E-state index < -0.39 is 0 Å². The number of hydrogen-bond acceptors (Lipinski definition) is 4. The van der Waals surface area contributed by atoms with Crippen LogP contribution >= 0.6 is 11.3 Å². The van der Waals surface area contributed by atoms with Gasteiger partial charge in [0.05, 0.1) is 11.7 Å². The molecule has 1 saturated carbocycles. The number of hydrogen-bond donors (Lipinski definition) is 2. The average Bonchev–Trinajstić information content (AvgIpc) is 3.20. The number of nitrogens with zero attached hydrogens (tertiary/aromatic N) is 2. The molecule has 0 aromatic carbocycles. The van der Waals surface area contributed by atoms with Crippen LogP contribution in [-0.4, -0.2) is 15.8 Å². The number of nitrogens with two attached hydrogens (primary N) is 1. The molecule has 1 unspecified atom stereocenters. The summed E-state index contributed by atoms with van der Waals surface area (Å²) in [6.07, 6.45) is 9.20. The number of rotatable bonds is 6. The zero-order chi connectivity index (χ0) is 13.8. The van der Waals surface area contributed by atoms with Gasteiger partial charge in [0.2, 0.25) is 0 Å². The normalized spacial score (nSPS) is 17.6. The van der Waals surface area contributed by atoms with Gasteiger partial charge in [-0.3, -0.25) is 16.0 Å². The third kappa shape index (κ3) is 3.29. The largest absolute Gasteiger partial charge is 0.271 e. The van der Waals surface area contributed by atoms with Crippen molar-refractivity contribution in [1.82, 2.24) is 15.2 Å². The molecule has 0 radical (unpaired) electrons. The molecule has 1 aliphatic rings. The summed E-state index contributed by atoms with van der Waals surface area (Å²) in [5.74, 6) is 5.69. The molecule has 1 atom stereocenters. The monoisotopic (exact) mass is 290 g/mol. The molecule has 1 aliphatic carbocycles. The van der Waals surface area contributed by atoms with Gasteiger partial charge < -0.3 is 0 Å². The van der Waals surface area contributed by atoms with Gasteiger partial charge in [-0.05, 0) is 36.8 Å². The minimum absolute atomic E-state index is 0.251. The summed E-state index contributed by atoms with van der Waals surface area (Å²) in [4.78, 5) is 1.36. The quantitative estimate of drug-likeness (QED) is 0.635. The first-order valence-corrected chi connectivity index (χ1v) is 8.25. The van der Waals surface area contributed by atoms with Crippen LogP contribution in [0.25, 0.3) is 0 Å². The molecule has 2 aromatic rings. The second kappa shape index (κ2) is 6.52. The second-order valence-corrected chi connectivity index (χ2v) is 6.61. The smallest absolute Gasteiger partial charge is 0.0640 e. The van der Waals surface area contributed by atoms with Crippen molar-refractivity contribution in [2.75, 3.05) is 0 Å². The number of nitrogens with one attached hydrogen (secondary N) is 1. The Morgan fingerprint density at radius 2 is 2.20 bits per heavy atom. The van der Waals surface area contributed by atoms with Gasteiger partial charge in [-0.1, -0.05) is 18.9 Å². The molecule has 0 bridgehead atoms. The molecule has 2 heterocycles. The van der Waals surface area contributed by atoms with Gasteiger partial charge in [-0.25, -0.2) is 0 Å². The van der Waals surface area contributed by atoms with Crippen molar-refractivity contribution in [2.45, 2.75) is 50.6 Å². The fourth-order valence-electron chi connectivity index (χ4n) is 2.97. The molecule has 0 aliphatic heterocycles. The van der Waals surface area contributed by atoms with Crippen molar-refractivity contribution in [1.29, 1.82) is 0 Å². The lowest BCUT2D eigenvalue weighted by atomic mass is 10.1. The van der Waals surface area contributed by atoms with Crippen LogP contribution in [0.3, 0.4) is 0 Å². The van der Waals surface area contributed by atoms with Crippen molar-refractivity contribution in [3.8, 4) is 0 Å². The molecule has 20 heavy (non-hydrogen) atoms. The SMILES string of the molecule is NNC(Cc1ccn(C2CCCC2)n1)Cc1cccs1. The Balaban J connectivity index is 1.60. The van der Waals surface area contributed by atoms with E-state index in [0.29, 0.717) is 6.04 Å². The van der Waals surface area contributed by atoms with E-state index in [9.17, 15) is 0 Å². The van der Waals surface area contributed by atoms with Crippen molar-refractivity contribution >= 4 is 11.3 Å².